The SMILES string of the molecule is COC(=O)C1(CCCl)C[C@@]2(CN1)CC2(F)F. The van der Waals surface area contributed by atoms with E-state index >= 15 is 0 Å². The third kappa shape index (κ3) is 1.52. The van der Waals surface area contributed by atoms with Gasteiger partial charge in [-0.15, -0.1) is 11.6 Å². The number of rotatable bonds is 3. The van der Waals surface area contributed by atoms with Crippen molar-refractivity contribution in [2.24, 2.45) is 5.41 Å². The van der Waals surface area contributed by atoms with E-state index in [1.54, 1.807) is 0 Å². The Morgan fingerprint density at radius 1 is 1.50 bits per heavy atom. The summed E-state index contributed by atoms with van der Waals surface area (Å²) in [6.45, 7) is 0.159. The van der Waals surface area contributed by atoms with Gasteiger partial charge in [-0.1, -0.05) is 0 Å². The highest BCUT2D eigenvalue weighted by Gasteiger charge is 2.76. The minimum Gasteiger partial charge on any atom is -0.468 e. The third-order valence-electron chi connectivity index (χ3n) is 3.71. The van der Waals surface area contributed by atoms with Gasteiger partial charge in [0.15, 0.2) is 0 Å². The second kappa shape index (κ2) is 3.53. The molecule has 0 aromatic rings. The molecular weight excluding hydrogens is 240 g/mol. The van der Waals surface area contributed by atoms with E-state index in [-0.39, 0.29) is 25.3 Å². The number of ether oxygens (including phenoxy) is 1. The Balaban J connectivity index is 2.16. The maximum atomic E-state index is 13.2. The molecule has 2 aliphatic rings. The van der Waals surface area contributed by atoms with Crippen LogP contribution in [0.2, 0.25) is 0 Å². The van der Waals surface area contributed by atoms with E-state index < -0.39 is 22.8 Å². The molecule has 2 rings (SSSR count). The van der Waals surface area contributed by atoms with Gasteiger partial charge in [0.1, 0.15) is 5.54 Å². The summed E-state index contributed by atoms with van der Waals surface area (Å²) in [5.74, 6) is -2.90. The summed E-state index contributed by atoms with van der Waals surface area (Å²) in [5, 5.41) is 2.89. The van der Waals surface area contributed by atoms with Crippen LogP contribution in [0.25, 0.3) is 0 Å². The third-order valence-corrected chi connectivity index (χ3v) is 3.90. The van der Waals surface area contributed by atoms with Gasteiger partial charge in [0.05, 0.1) is 12.5 Å². The summed E-state index contributed by atoms with van der Waals surface area (Å²) >= 11 is 5.62. The summed E-state index contributed by atoms with van der Waals surface area (Å²) in [7, 11) is 1.26. The molecule has 2 fully saturated rings. The van der Waals surface area contributed by atoms with E-state index in [0.29, 0.717) is 6.42 Å². The molecule has 0 radical (unpaired) electrons. The van der Waals surface area contributed by atoms with Crippen LogP contribution in [0.1, 0.15) is 19.3 Å². The summed E-state index contributed by atoms with van der Waals surface area (Å²) < 4.78 is 31.1. The maximum Gasteiger partial charge on any atom is 0.326 e. The van der Waals surface area contributed by atoms with Gasteiger partial charge >= 0.3 is 5.97 Å². The van der Waals surface area contributed by atoms with Crippen molar-refractivity contribution in [1.29, 1.82) is 0 Å². The first-order valence-electron chi connectivity index (χ1n) is 5.19. The Hall–Kier alpha value is -0.420. The molecule has 16 heavy (non-hydrogen) atoms. The van der Waals surface area contributed by atoms with Crippen molar-refractivity contribution in [3.8, 4) is 0 Å². The molecule has 0 aromatic carbocycles. The highest BCUT2D eigenvalue weighted by atomic mass is 35.5. The summed E-state index contributed by atoms with van der Waals surface area (Å²) in [6, 6.07) is 0. The van der Waals surface area contributed by atoms with Crippen LogP contribution < -0.4 is 5.32 Å². The smallest absolute Gasteiger partial charge is 0.326 e. The average molecular weight is 254 g/mol. The van der Waals surface area contributed by atoms with Crippen LogP contribution in [0.5, 0.6) is 0 Å². The molecule has 0 aromatic heterocycles. The van der Waals surface area contributed by atoms with Crippen LogP contribution in [-0.2, 0) is 9.53 Å². The molecule has 1 heterocycles. The lowest BCUT2D eigenvalue weighted by Crippen LogP contribution is -2.48. The van der Waals surface area contributed by atoms with Gasteiger partial charge in [-0.05, 0) is 12.8 Å². The van der Waals surface area contributed by atoms with Crippen molar-refractivity contribution in [2.75, 3.05) is 19.5 Å². The molecule has 1 spiro atoms. The molecule has 6 heteroatoms. The number of alkyl halides is 3. The predicted octanol–water partition coefficient (Wildman–Crippen LogP) is 1.55. The molecule has 1 aliphatic carbocycles. The highest BCUT2D eigenvalue weighted by Crippen LogP contribution is 2.66. The Bertz CT molecular complexity index is 326. The van der Waals surface area contributed by atoms with Crippen LogP contribution in [0.3, 0.4) is 0 Å². The summed E-state index contributed by atoms with van der Waals surface area (Å²) in [4.78, 5) is 11.7. The van der Waals surface area contributed by atoms with Crippen molar-refractivity contribution >= 4 is 17.6 Å². The molecule has 2 atom stereocenters. The number of hydrogen-bond acceptors (Lipinski definition) is 3. The minimum atomic E-state index is -2.65. The molecule has 1 saturated heterocycles. The summed E-state index contributed by atoms with van der Waals surface area (Å²) in [5.41, 5.74) is -2.07. The first-order valence-corrected chi connectivity index (χ1v) is 5.72. The highest BCUT2D eigenvalue weighted by molar-refractivity contribution is 6.18. The zero-order valence-electron chi connectivity index (χ0n) is 8.99. The largest absolute Gasteiger partial charge is 0.468 e. The summed E-state index contributed by atoms with van der Waals surface area (Å²) in [6.07, 6.45) is 0.291. The van der Waals surface area contributed by atoms with Crippen LogP contribution in [0, 0.1) is 5.41 Å². The number of esters is 1. The quantitative estimate of drug-likeness (QED) is 0.613. The topological polar surface area (TPSA) is 38.3 Å². The van der Waals surface area contributed by atoms with Gasteiger partial charge in [0.25, 0.3) is 5.92 Å². The van der Waals surface area contributed by atoms with E-state index in [1.807, 2.05) is 0 Å². The fourth-order valence-corrected chi connectivity index (χ4v) is 2.91. The van der Waals surface area contributed by atoms with Crippen LogP contribution in [-0.4, -0.2) is 37.0 Å². The molecule has 1 saturated carbocycles. The molecular formula is C10H14ClF2NO2. The van der Waals surface area contributed by atoms with Gasteiger partial charge in [0, 0.05) is 18.8 Å². The van der Waals surface area contributed by atoms with Gasteiger partial charge in [-0.3, -0.25) is 4.79 Å². The monoisotopic (exact) mass is 253 g/mol. The normalized spacial score (nSPS) is 40.0. The molecule has 92 valence electrons. The van der Waals surface area contributed by atoms with E-state index in [1.165, 1.54) is 7.11 Å². The molecule has 1 aliphatic heterocycles. The van der Waals surface area contributed by atoms with Crippen molar-refractivity contribution in [3.05, 3.63) is 0 Å². The Kier molecular flexibility index (Phi) is 2.66. The van der Waals surface area contributed by atoms with Crippen molar-refractivity contribution in [3.63, 3.8) is 0 Å². The van der Waals surface area contributed by atoms with Gasteiger partial charge < -0.3 is 10.1 Å². The minimum absolute atomic E-state index is 0.117. The Morgan fingerprint density at radius 3 is 2.50 bits per heavy atom. The lowest BCUT2D eigenvalue weighted by Gasteiger charge is -2.25. The lowest BCUT2D eigenvalue weighted by atomic mass is 9.88. The Morgan fingerprint density at radius 2 is 2.12 bits per heavy atom. The lowest BCUT2D eigenvalue weighted by molar-refractivity contribution is -0.148. The van der Waals surface area contributed by atoms with Gasteiger partial charge in [-0.25, -0.2) is 8.78 Å². The van der Waals surface area contributed by atoms with Gasteiger partial charge in [0.2, 0.25) is 0 Å². The number of carbonyl (C=O) groups is 1. The van der Waals surface area contributed by atoms with Crippen molar-refractivity contribution in [2.45, 2.75) is 30.7 Å². The number of nitrogens with one attached hydrogen (secondary N) is 1. The second-order valence-electron chi connectivity index (χ2n) is 4.70. The molecule has 1 N–H and O–H groups in total. The van der Waals surface area contributed by atoms with Crippen molar-refractivity contribution in [1.82, 2.24) is 5.32 Å². The predicted molar refractivity (Wildman–Crippen MR) is 54.7 cm³/mol. The number of methoxy groups -OCH3 is 1. The van der Waals surface area contributed by atoms with E-state index in [2.05, 4.69) is 10.1 Å². The Labute approximate surface area is 97.5 Å². The number of carbonyl (C=O) groups excluding carboxylic acids is 1. The number of halogens is 3. The fraction of sp³-hybridized carbons (Fsp3) is 0.900. The zero-order chi connectivity index (χ0) is 12.0. The molecule has 3 nitrogen and oxygen atoms in total. The van der Waals surface area contributed by atoms with E-state index in [9.17, 15) is 13.6 Å². The average Bonchev–Trinajstić information content (AvgIpc) is 2.59. The standard InChI is InChI=1S/C10H14ClF2NO2/c1-16-7(15)9(2-3-11)4-8(6-14-9)5-10(8,12)13/h14H,2-6H2,1H3/t8-,9?/m0/s1. The van der Waals surface area contributed by atoms with E-state index in [0.717, 1.165) is 0 Å². The van der Waals surface area contributed by atoms with Crippen LogP contribution >= 0.6 is 11.6 Å². The van der Waals surface area contributed by atoms with Crippen LogP contribution in [0.15, 0.2) is 0 Å². The molecule has 0 amide bonds. The van der Waals surface area contributed by atoms with Crippen molar-refractivity contribution < 1.29 is 18.3 Å². The molecule has 0 bridgehead atoms. The first-order chi connectivity index (χ1) is 7.41. The second-order valence-corrected chi connectivity index (χ2v) is 5.08. The zero-order valence-corrected chi connectivity index (χ0v) is 9.74. The van der Waals surface area contributed by atoms with E-state index in [4.69, 9.17) is 11.6 Å². The van der Waals surface area contributed by atoms with Gasteiger partial charge in [-0.2, -0.15) is 0 Å². The number of hydrogen-bond donors (Lipinski definition) is 1. The maximum absolute atomic E-state index is 13.2. The molecule has 1 unspecified atom stereocenters. The fourth-order valence-electron chi connectivity index (χ4n) is 2.59. The first kappa shape index (κ1) is 12.0. The van der Waals surface area contributed by atoms with Crippen LogP contribution in [0.4, 0.5) is 8.78 Å².